The standard InChI is InChI=1S/C25H27N3O7S2/c1-5-28-25(35-37(32,33)18-9-7-16(3)8-10-18)20(15-26-28)24(29)19-11-12-22-23(17(19)4)21(27-34-6-2)13-14-36(22,30)31/h7-12,15H,5-6,13-14H2,1-4H3/b27-21-. The maximum atomic E-state index is 13.7. The van der Waals surface area contributed by atoms with E-state index in [0.717, 1.165) is 5.56 Å². The predicted molar refractivity (Wildman–Crippen MR) is 136 cm³/mol. The fourth-order valence-electron chi connectivity index (χ4n) is 4.10. The number of rotatable bonds is 8. The maximum absolute atomic E-state index is 13.7. The lowest BCUT2D eigenvalue weighted by molar-refractivity contribution is 0.103. The minimum absolute atomic E-state index is 0.0627. The van der Waals surface area contributed by atoms with Gasteiger partial charge >= 0.3 is 10.1 Å². The third kappa shape index (κ3) is 5.03. The summed E-state index contributed by atoms with van der Waals surface area (Å²) in [4.78, 5) is 18.9. The molecule has 0 aliphatic carbocycles. The molecule has 196 valence electrons. The number of hydrogen-bond acceptors (Lipinski definition) is 9. The Morgan fingerprint density at radius 2 is 1.78 bits per heavy atom. The number of fused-ring (bicyclic) bond motifs is 1. The van der Waals surface area contributed by atoms with Crippen LogP contribution in [0.3, 0.4) is 0 Å². The normalized spacial score (nSPS) is 15.8. The Bertz CT molecular complexity index is 1600. The van der Waals surface area contributed by atoms with E-state index in [1.54, 1.807) is 32.9 Å². The van der Waals surface area contributed by atoms with Crippen LogP contribution in [0.2, 0.25) is 0 Å². The van der Waals surface area contributed by atoms with Gasteiger partial charge in [-0.3, -0.25) is 4.79 Å². The van der Waals surface area contributed by atoms with Gasteiger partial charge in [0.05, 0.1) is 22.6 Å². The monoisotopic (exact) mass is 545 g/mol. The van der Waals surface area contributed by atoms with Gasteiger partial charge in [-0.1, -0.05) is 22.9 Å². The van der Waals surface area contributed by atoms with Gasteiger partial charge in [0.2, 0.25) is 5.88 Å². The second-order valence-electron chi connectivity index (χ2n) is 8.49. The third-order valence-electron chi connectivity index (χ3n) is 6.04. The highest BCUT2D eigenvalue weighted by molar-refractivity contribution is 7.91. The van der Waals surface area contributed by atoms with Gasteiger partial charge in [-0.2, -0.15) is 13.5 Å². The summed E-state index contributed by atoms with van der Waals surface area (Å²) in [5.74, 6) is -0.898. The third-order valence-corrected chi connectivity index (χ3v) is 9.02. The molecule has 12 heteroatoms. The molecule has 0 N–H and O–H groups in total. The van der Waals surface area contributed by atoms with Crippen molar-refractivity contribution in [2.45, 2.75) is 50.5 Å². The van der Waals surface area contributed by atoms with Crippen molar-refractivity contribution < 1.29 is 30.7 Å². The van der Waals surface area contributed by atoms with Crippen molar-refractivity contribution in [3.63, 3.8) is 0 Å². The van der Waals surface area contributed by atoms with Crippen LogP contribution in [0.25, 0.3) is 0 Å². The first-order valence-corrected chi connectivity index (χ1v) is 14.7. The van der Waals surface area contributed by atoms with Crippen molar-refractivity contribution >= 4 is 31.5 Å². The minimum Gasteiger partial charge on any atom is -0.396 e. The van der Waals surface area contributed by atoms with E-state index < -0.39 is 25.7 Å². The highest BCUT2D eigenvalue weighted by Crippen LogP contribution is 2.33. The molecule has 3 aromatic rings. The lowest BCUT2D eigenvalue weighted by atomic mass is 9.93. The SMILES string of the molecule is CCO/N=C1/CCS(=O)(=O)c2ccc(C(=O)c3cnn(CC)c3OS(=O)(=O)c3ccc(C)cc3)c(C)c21. The molecular formula is C25H27N3O7S2. The molecule has 1 aliphatic rings. The molecule has 1 aromatic heterocycles. The lowest BCUT2D eigenvalue weighted by Crippen LogP contribution is -2.24. The number of benzene rings is 2. The van der Waals surface area contributed by atoms with Crippen LogP contribution in [0.4, 0.5) is 0 Å². The molecule has 0 amide bonds. The molecule has 0 unspecified atom stereocenters. The average molecular weight is 546 g/mol. The summed E-state index contributed by atoms with van der Waals surface area (Å²) in [5, 5.41) is 8.22. The summed E-state index contributed by atoms with van der Waals surface area (Å²) in [6.07, 6.45) is 1.39. The summed E-state index contributed by atoms with van der Waals surface area (Å²) >= 11 is 0. The van der Waals surface area contributed by atoms with Crippen molar-refractivity contribution in [2.24, 2.45) is 5.16 Å². The van der Waals surface area contributed by atoms with Crippen LogP contribution >= 0.6 is 0 Å². The highest BCUT2D eigenvalue weighted by atomic mass is 32.2. The van der Waals surface area contributed by atoms with Crippen LogP contribution in [-0.4, -0.2) is 50.5 Å². The Morgan fingerprint density at radius 3 is 2.43 bits per heavy atom. The van der Waals surface area contributed by atoms with E-state index >= 15 is 0 Å². The van der Waals surface area contributed by atoms with Crippen LogP contribution < -0.4 is 4.18 Å². The van der Waals surface area contributed by atoms with Gasteiger partial charge in [-0.25, -0.2) is 13.1 Å². The predicted octanol–water partition coefficient (Wildman–Crippen LogP) is 3.44. The Morgan fingerprint density at radius 1 is 1.08 bits per heavy atom. The number of hydrogen-bond donors (Lipinski definition) is 0. The van der Waals surface area contributed by atoms with E-state index in [1.807, 2.05) is 6.92 Å². The van der Waals surface area contributed by atoms with Crippen LogP contribution in [0, 0.1) is 13.8 Å². The second-order valence-corrected chi connectivity index (χ2v) is 12.1. The number of ketones is 1. The van der Waals surface area contributed by atoms with E-state index in [2.05, 4.69) is 10.3 Å². The summed E-state index contributed by atoms with van der Waals surface area (Å²) in [7, 11) is -7.82. The van der Waals surface area contributed by atoms with Gasteiger partial charge in [0.1, 0.15) is 17.1 Å². The number of oxime groups is 1. The van der Waals surface area contributed by atoms with Crippen LogP contribution in [-0.2, 0) is 31.3 Å². The zero-order valence-electron chi connectivity index (χ0n) is 20.9. The molecule has 1 aliphatic heterocycles. The van der Waals surface area contributed by atoms with Crippen molar-refractivity contribution in [1.82, 2.24) is 9.78 Å². The van der Waals surface area contributed by atoms with Crippen molar-refractivity contribution in [3.05, 3.63) is 70.4 Å². The molecule has 4 rings (SSSR count). The molecule has 0 saturated carbocycles. The highest BCUT2D eigenvalue weighted by Gasteiger charge is 2.33. The van der Waals surface area contributed by atoms with Crippen LogP contribution in [0.15, 0.2) is 57.5 Å². The fraction of sp³-hybridized carbons (Fsp3) is 0.320. The zero-order valence-corrected chi connectivity index (χ0v) is 22.5. The van der Waals surface area contributed by atoms with Crippen molar-refractivity contribution in [3.8, 4) is 5.88 Å². The maximum Gasteiger partial charge on any atom is 0.340 e. The molecule has 10 nitrogen and oxygen atoms in total. The van der Waals surface area contributed by atoms with E-state index in [0.29, 0.717) is 23.4 Å². The quantitative estimate of drug-likeness (QED) is 0.239. The minimum atomic E-state index is -4.26. The van der Waals surface area contributed by atoms with Gasteiger partial charge in [0.25, 0.3) is 0 Å². The number of nitrogens with zero attached hydrogens (tertiary/aromatic N) is 3. The first-order chi connectivity index (χ1) is 17.5. The van der Waals surface area contributed by atoms with Gasteiger partial charge in [0, 0.05) is 24.1 Å². The topological polar surface area (TPSA) is 134 Å². The van der Waals surface area contributed by atoms with Crippen molar-refractivity contribution in [1.29, 1.82) is 0 Å². The van der Waals surface area contributed by atoms with E-state index in [4.69, 9.17) is 9.02 Å². The van der Waals surface area contributed by atoms with Gasteiger partial charge in [-0.15, -0.1) is 0 Å². The molecule has 0 radical (unpaired) electrons. The first-order valence-electron chi connectivity index (χ1n) is 11.7. The Balaban J connectivity index is 1.81. The van der Waals surface area contributed by atoms with E-state index in [9.17, 15) is 21.6 Å². The van der Waals surface area contributed by atoms with E-state index in [-0.39, 0.29) is 45.5 Å². The molecule has 0 atom stereocenters. The van der Waals surface area contributed by atoms with E-state index in [1.165, 1.54) is 35.1 Å². The molecule has 2 heterocycles. The fourth-order valence-corrected chi connectivity index (χ4v) is 6.58. The molecule has 0 bridgehead atoms. The molecule has 2 aromatic carbocycles. The number of carbonyl (C=O) groups is 1. The largest absolute Gasteiger partial charge is 0.396 e. The first kappa shape index (κ1) is 26.6. The van der Waals surface area contributed by atoms with Gasteiger partial charge < -0.3 is 9.02 Å². The average Bonchev–Trinajstić information content (AvgIpc) is 3.25. The van der Waals surface area contributed by atoms with Gasteiger partial charge in [0.15, 0.2) is 15.6 Å². The molecule has 0 fully saturated rings. The summed E-state index contributed by atoms with van der Waals surface area (Å²) < 4.78 is 58.1. The zero-order chi connectivity index (χ0) is 27.0. The number of aromatic nitrogens is 2. The molecular weight excluding hydrogens is 518 g/mol. The summed E-state index contributed by atoms with van der Waals surface area (Å²) in [5.41, 5.74) is 2.13. The number of carbonyl (C=O) groups excluding carboxylic acids is 1. The molecule has 0 spiro atoms. The molecule has 0 saturated heterocycles. The second kappa shape index (κ2) is 10.1. The van der Waals surface area contributed by atoms with Crippen LogP contribution in [0.1, 0.15) is 52.9 Å². The smallest absolute Gasteiger partial charge is 0.340 e. The lowest BCUT2D eigenvalue weighted by Gasteiger charge is -2.21. The molecule has 37 heavy (non-hydrogen) atoms. The Kier molecular flexibility index (Phi) is 7.24. The van der Waals surface area contributed by atoms with Crippen molar-refractivity contribution in [2.75, 3.05) is 12.4 Å². The number of aryl methyl sites for hydroxylation is 2. The summed E-state index contributed by atoms with van der Waals surface area (Å²) in [6.45, 7) is 7.50. The Labute approximate surface area is 215 Å². The summed E-state index contributed by atoms with van der Waals surface area (Å²) in [6, 6.07) is 8.92. The van der Waals surface area contributed by atoms with Crippen LogP contribution in [0.5, 0.6) is 5.88 Å². The Hall–Kier alpha value is -3.51. The number of sulfone groups is 1. The van der Waals surface area contributed by atoms with Gasteiger partial charge in [-0.05, 0) is 57.5 Å².